The SMILES string of the molecule is CCOC(=O)CCC(=O)NC1CC(=O)N(c2ccc3c(c2)OCCO3)C1. The minimum Gasteiger partial charge on any atom is -0.486 e. The second kappa shape index (κ2) is 8.07. The van der Waals surface area contributed by atoms with Gasteiger partial charge in [-0.25, -0.2) is 0 Å². The normalized spacial score (nSPS) is 18.6. The number of fused-ring (bicyclic) bond motifs is 1. The smallest absolute Gasteiger partial charge is 0.306 e. The first-order chi connectivity index (χ1) is 12.6. The molecule has 0 spiro atoms. The molecule has 1 atom stereocenters. The summed E-state index contributed by atoms with van der Waals surface area (Å²) >= 11 is 0. The van der Waals surface area contributed by atoms with Crippen LogP contribution >= 0.6 is 0 Å². The number of nitrogens with zero attached hydrogens (tertiary/aromatic N) is 1. The maximum absolute atomic E-state index is 12.3. The first-order valence-corrected chi connectivity index (χ1v) is 8.72. The van der Waals surface area contributed by atoms with Crippen molar-refractivity contribution in [3.63, 3.8) is 0 Å². The standard InChI is InChI=1S/C18H22N2O6/c1-2-24-18(23)6-5-16(21)19-12-9-17(22)20(11-12)13-3-4-14-15(10-13)26-8-7-25-14/h3-4,10,12H,2,5-9,11H2,1H3,(H,19,21). The number of anilines is 1. The number of hydrogen-bond donors (Lipinski definition) is 1. The van der Waals surface area contributed by atoms with Crippen molar-refractivity contribution >= 4 is 23.5 Å². The van der Waals surface area contributed by atoms with E-state index in [4.69, 9.17) is 14.2 Å². The fourth-order valence-electron chi connectivity index (χ4n) is 3.00. The molecule has 2 amide bonds. The molecule has 140 valence electrons. The van der Waals surface area contributed by atoms with Crippen LogP contribution in [0.25, 0.3) is 0 Å². The van der Waals surface area contributed by atoms with Crippen molar-refractivity contribution in [1.82, 2.24) is 5.32 Å². The topological polar surface area (TPSA) is 94.2 Å². The van der Waals surface area contributed by atoms with Crippen LogP contribution in [0.5, 0.6) is 11.5 Å². The molecule has 26 heavy (non-hydrogen) atoms. The van der Waals surface area contributed by atoms with Crippen LogP contribution in [-0.4, -0.2) is 50.2 Å². The van der Waals surface area contributed by atoms with E-state index >= 15 is 0 Å². The summed E-state index contributed by atoms with van der Waals surface area (Å²) < 4.78 is 15.8. The molecule has 0 aromatic heterocycles. The molecule has 0 bridgehead atoms. The second-order valence-electron chi connectivity index (χ2n) is 6.11. The van der Waals surface area contributed by atoms with E-state index in [1.54, 1.807) is 30.0 Å². The first kappa shape index (κ1) is 18.0. The third kappa shape index (κ3) is 4.25. The molecule has 0 aliphatic carbocycles. The lowest BCUT2D eigenvalue weighted by molar-refractivity contribution is -0.144. The average Bonchev–Trinajstić information content (AvgIpc) is 3.00. The fraction of sp³-hybridized carbons (Fsp3) is 0.500. The Labute approximate surface area is 151 Å². The molecular weight excluding hydrogens is 340 g/mol. The van der Waals surface area contributed by atoms with Crippen molar-refractivity contribution in [3.05, 3.63) is 18.2 Å². The Hall–Kier alpha value is -2.77. The van der Waals surface area contributed by atoms with E-state index in [0.717, 1.165) is 0 Å². The molecule has 3 rings (SSSR count). The summed E-state index contributed by atoms with van der Waals surface area (Å²) in [6, 6.07) is 5.07. The summed E-state index contributed by atoms with van der Waals surface area (Å²) in [7, 11) is 0. The van der Waals surface area contributed by atoms with Gasteiger partial charge in [-0.3, -0.25) is 14.4 Å². The van der Waals surface area contributed by atoms with E-state index in [1.165, 1.54) is 0 Å². The monoisotopic (exact) mass is 362 g/mol. The minimum absolute atomic E-state index is 0.0339. The molecule has 0 radical (unpaired) electrons. The Morgan fingerprint density at radius 3 is 2.77 bits per heavy atom. The molecule has 1 fully saturated rings. The van der Waals surface area contributed by atoms with Gasteiger partial charge in [0.05, 0.1) is 19.1 Å². The lowest BCUT2D eigenvalue weighted by Gasteiger charge is -2.22. The van der Waals surface area contributed by atoms with Gasteiger partial charge in [-0.2, -0.15) is 0 Å². The van der Waals surface area contributed by atoms with Crippen LogP contribution in [0.15, 0.2) is 18.2 Å². The number of esters is 1. The third-order valence-electron chi connectivity index (χ3n) is 4.19. The molecule has 1 N–H and O–H groups in total. The van der Waals surface area contributed by atoms with E-state index in [-0.39, 0.29) is 37.1 Å². The molecular formula is C18H22N2O6. The lowest BCUT2D eigenvalue weighted by Crippen LogP contribution is -2.37. The van der Waals surface area contributed by atoms with Gasteiger partial charge in [-0.15, -0.1) is 0 Å². The highest BCUT2D eigenvalue weighted by Gasteiger charge is 2.32. The van der Waals surface area contributed by atoms with Gasteiger partial charge in [0.1, 0.15) is 13.2 Å². The number of rotatable bonds is 6. The number of hydrogen-bond acceptors (Lipinski definition) is 6. The van der Waals surface area contributed by atoms with Gasteiger partial charge in [-0.05, 0) is 19.1 Å². The molecule has 1 saturated heterocycles. The van der Waals surface area contributed by atoms with Crippen LogP contribution in [-0.2, 0) is 19.1 Å². The molecule has 2 heterocycles. The van der Waals surface area contributed by atoms with Crippen LogP contribution in [0.4, 0.5) is 5.69 Å². The number of carbonyl (C=O) groups excluding carboxylic acids is 3. The van der Waals surface area contributed by atoms with Crippen LogP contribution in [0.1, 0.15) is 26.2 Å². The second-order valence-corrected chi connectivity index (χ2v) is 6.11. The zero-order valence-corrected chi connectivity index (χ0v) is 14.7. The van der Waals surface area contributed by atoms with Crippen LogP contribution < -0.4 is 19.7 Å². The predicted octanol–water partition coefficient (Wildman–Crippen LogP) is 1.02. The Balaban J connectivity index is 1.55. The van der Waals surface area contributed by atoms with Gasteiger partial charge in [0.15, 0.2) is 11.5 Å². The zero-order valence-electron chi connectivity index (χ0n) is 14.7. The molecule has 1 unspecified atom stereocenters. The zero-order chi connectivity index (χ0) is 18.5. The van der Waals surface area contributed by atoms with Gasteiger partial charge >= 0.3 is 5.97 Å². The van der Waals surface area contributed by atoms with E-state index < -0.39 is 5.97 Å². The number of nitrogens with one attached hydrogen (secondary N) is 1. The maximum Gasteiger partial charge on any atom is 0.306 e. The summed E-state index contributed by atoms with van der Waals surface area (Å²) in [6.07, 6.45) is 0.305. The fourth-order valence-corrected chi connectivity index (χ4v) is 3.00. The van der Waals surface area contributed by atoms with Gasteiger partial charge in [0.2, 0.25) is 11.8 Å². The van der Waals surface area contributed by atoms with Gasteiger partial charge in [-0.1, -0.05) is 0 Å². The maximum atomic E-state index is 12.3. The molecule has 0 saturated carbocycles. The summed E-state index contributed by atoms with van der Waals surface area (Å²) in [5.41, 5.74) is 0.711. The summed E-state index contributed by atoms with van der Waals surface area (Å²) in [5.74, 6) is 0.541. The largest absolute Gasteiger partial charge is 0.486 e. The van der Waals surface area contributed by atoms with Crippen LogP contribution in [0, 0.1) is 0 Å². The number of carbonyl (C=O) groups is 3. The summed E-state index contributed by atoms with van der Waals surface area (Å²) in [6.45, 7) is 3.37. The van der Waals surface area contributed by atoms with Crippen molar-refractivity contribution in [2.75, 3.05) is 31.3 Å². The van der Waals surface area contributed by atoms with Gasteiger partial charge < -0.3 is 24.4 Å². The minimum atomic E-state index is -0.400. The first-order valence-electron chi connectivity index (χ1n) is 8.72. The van der Waals surface area contributed by atoms with Crippen LogP contribution in [0.3, 0.4) is 0 Å². The van der Waals surface area contributed by atoms with E-state index in [9.17, 15) is 14.4 Å². The van der Waals surface area contributed by atoms with Gasteiger partial charge in [0, 0.05) is 31.1 Å². The van der Waals surface area contributed by atoms with Crippen molar-refractivity contribution in [2.45, 2.75) is 32.2 Å². The lowest BCUT2D eigenvalue weighted by atomic mass is 10.2. The van der Waals surface area contributed by atoms with E-state index in [2.05, 4.69) is 5.32 Å². The quantitative estimate of drug-likeness (QED) is 0.760. The van der Waals surface area contributed by atoms with E-state index in [0.29, 0.717) is 43.6 Å². The Morgan fingerprint density at radius 2 is 2.00 bits per heavy atom. The summed E-state index contributed by atoms with van der Waals surface area (Å²) in [4.78, 5) is 37.2. The third-order valence-corrected chi connectivity index (χ3v) is 4.19. The predicted molar refractivity (Wildman–Crippen MR) is 92.2 cm³/mol. The molecule has 1 aromatic rings. The van der Waals surface area contributed by atoms with Crippen molar-refractivity contribution in [1.29, 1.82) is 0 Å². The van der Waals surface area contributed by atoms with Gasteiger partial charge in [0.25, 0.3) is 0 Å². The number of ether oxygens (including phenoxy) is 3. The summed E-state index contributed by atoms with van der Waals surface area (Å²) in [5, 5.41) is 2.80. The Bertz CT molecular complexity index is 705. The molecule has 2 aliphatic rings. The van der Waals surface area contributed by atoms with Crippen molar-refractivity contribution in [3.8, 4) is 11.5 Å². The highest BCUT2D eigenvalue weighted by Crippen LogP contribution is 2.35. The highest BCUT2D eigenvalue weighted by molar-refractivity contribution is 5.97. The van der Waals surface area contributed by atoms with Crippen molar-refractivity contribution < 1.29 is 28.6 Å². The Morgan fingerprint density at radius 1 is 1.23 bits per heavy atom. The molecule has 2 aliphatic heterocycles. The number of amides is 2. The highest BCUT2D eigenvalue weighted by atomic mass is 16.6. The van der Waals surface area contributed by atoms with Crippen LogP contribution in [0.2, 0.25) is 0 Å². The van der Waals surface area contributed by atoms with E-state index in [1.807, 2.05) is 0 Å². The molecule has 8 heteroatoms. The molecule has 8 nitrogen and oxygen atoms in total. The Kier molecular flexibility index (Phi) is 5.60. The molecule has 1 aromatic carbocycles. The number of benzene rings is 1. The average molecular weight is 362 g/mol. The van der Waals surface area contributed by atoms with Crippen molar-refractivity contribution in [2.24, 2.45) is 0 Å².